The van der Waals surface area contributed by atoms with Gasteiger partial charge >= 0.3 is 0 Å². The number of unbranched alkanes of at least 4 members (excludes halogenated alkanes) is 4. The molecule has 0 spiro atoms. The second-order valence-electron chi connectivity index (χ2n) is 8.28. The van der Waals surface area contributed by atoms with Crippen molar-refractivity contribution in [3.8, 4) is 5.75 Å². The Hall–Kier alpha value is -3.33. The third kappa shape index (κ3) is 6.03. The fourth-order valence-electron chi connectivity index (χ4n) is 3.83. The second kappa shape index (κ2) is 11.9. The number of fused-ring (bicyclic) bond motifs is 1. The minimum Gasteiger partial charge on any atom is -0.492 e. The smallest absolute Gasteiger partial charge is 0.264 e. The van der Waals surface area contributed by atoms with Gasteiger partial charge in [0.25, 0.3) is 15.9 Å². The number of rotatable bonds is 12. The molecule has 2 aromatic carbocycles. The van der Waals surface area contributed by atoms with Crippen LogP contribution in [0.2, 0.25) is 0 Å². The Labute approximate surface area is 206 Å². The van der Waals surface area contributed by atoms with E-state index in [2.05, 4.69) is 17.2 Å². The van der Waals surface area contributed by atoms with E-state index in [1.807, 2.05) is 6.92 Å². The van der Waals surface area contributed by atoms with Crippen molar-refractivity contribution < 1.29 is 17.9 Å². The number of para-hydroxylation sites is 2. The van der Waals surface area contributed by atoms with Gasteiger partial charge in [-0.25, -0.2) is 8.42 Å². The van der Waals surface area contributed by atoms with Gasteiger partial charge in [0.1, 0.15) is 11.3 Å². The number of nitrogens with one attached hydrogen (secondary N) is 2. The van der Waals surface area contributed by atoms with E-state index >= 15 is 0 Å². The van der Waals surface area contributed by atoms with E-state index in [0.717, 1.165) is 36.4 Å². The minimum absolute atomic E-state index is 0.0457. The predicted molar refractivity (Wildman–Crippen MR) is 139 cm³/mol. The average molecular weight is 500 g/mol. The summed E-state index contributed by atoms with van der Waals surface area (Å²) in [6.07, 6.45) is 6.65. The summed E-state index contributed by atoms with van der Waals surface area (Å²) in [7, 11) is -2.56. The Morgan fingerprint density at radius 2 is 1.80 bits per heavy atom. The van der Waals surface area contributed by atoms with Crippen LogP contribution < -0.4 is 19.8 Å². The third-order valence-corrected chi connectivity index (χ3v) is 7.59. The number of pyridine rings is 1. The van der Waals surface area contributed by atoms with Crippen LogP contribution in [-0.4, -0.2) is 39.5 Å². The highest BCUT2D eigenvalue weighted by atomic mass is 32.2. The van der Waals surface area contributed by atoms with Crippen molar-refractivity contribution in [1.29, 1.82) is 0 Å². The Kier molecular flexibility index (Phi) is 8.92. The van der Waals surface area contributed by atoms with Crippen LogP contribution in [0.1, 0.15) is 56.3 Å². The molecule has 0 atom stereocenters. The van der Waals surface area contributed by atoms with Crippen molar-refractivity contribution in [3.05, 3.63) is 64.4 Å². The molecule has 0 aliphatic rings. The Bertz CT molecular complexity index is 1330. The SMILES string of the molecule is CCCCCCCNC(=O)c1c[nH]c2ccc(S(=O)(=O)N(C)c3ccccc3OCC)cc2c1=O. The monoisotopic (exact) mass is 499 g/mol. The predicted octanol–water partition coefficient (Wildman–Crippen LogP) is 4.45. The number of benzene rings is 2. The minimum atomic E-state index is -4.00. The van der Waals surface area contributed by atoms with Gasteiger partial charge in [-0.15, -0.1) is 0 Å². The lowest BCUT2D eigenvalue weighted by atomic mass is 10.1. The standard InChI is InChI=1S/C26H33N3O5S/c1-4-6-7-8-11-16-27-26(31)21-18-28-22-15-14-19(17-20(22)25(21)30)35(32,33)29(3)23-12-9-10-13-24(23)34-5-2/h9-10,12-15,17-18H,4-8,11,16H2,1-3H3,(H,27,31)(H,28,30). The molecule has 188 valence electrons. The number of nitrogens with zero attached hydrogens (tertiary/aromatic N) is 1. The number of H-pyrrole nitrogens is 1. The second-order valence-corrected chi connectivity index (χ2v) is 10.3. The Morgan fingerprint density at radius 1 is 1.06 bits per heavy atom. The third-order valence-electron chi connectivity index (χ3n) is 5.83. The number of sulfonamides is 1. The summed E-state index contributed by atoms with van der Waals surface area (Å²) in [5, 5.41) is 2.92. The molecule has 0 saturated carbocycles. The van der Waals surface area contributed by atoms with Gasteiger partial charge in [-0.3, -0.25) is 13.9 Å². The van der Waals surface area contributed by atoms with E-state index < -0.39 is 21.4 Å². The molecular weight excluding hydrogens is 466 g/mol. The maximum Gasteiger partial charge on any atom is 0.264 e. The molecule has 1 heterocycles. The molecule has 0 aliphatic carbocycles. The zero-order chi connectivity index (χ0) is 25.4. The number of aromatic amines is 1. The highest BCUT2D eigenvalue weighted by Crippen LogP contribution is 2.31. The quantitative estimate of drug-likeness (QED) is 0.358. The zero-order valence-electron chi connectivity index (χ0n) is 20.5. The molecule has 0 unspecified atom stereocenters. The van der Waals surface area contributed by atoms with Crippen LogP contribution in [0.25, 0.3) is 10.9 Å². The van der Waals surface area contributed by atoms with Crippen molar-refractivity contribution in [2.75, 3.05) is 24.5 Å². The molecule has 0 bridgehead atoms. The van der Waals surface area contributed by atoms with Gasteiger partial charge in [0, 0.05) is 30.7 Å². The van der Waals surface area contributed by atoms with E-state index in [1.165, 1.54) is 31.4 Å². The topological polar surface area (TPSA) is 109 Å². The van der Waals surface area contributed by atoms with Crippen LogP contribution in [0, 0.1) is 0 Å². The zero-order valence-corrected chi connectivity index (χ0v) is 21.3. The van der Waals surface area contributed by atoms with E-state index in [9.17, 15) is 18.0 Å². The molecule has 0 saturated heterocycles. The lowest BCUT2D eigenvalue weighted by Gasteiger charge is -2.22. The number of carbonyl (C=O) groups excluding carboxylic acids is 1. The molecule has 0 fully saturated rings. The summed E-state index contributed by atoms with van der Waals surface area (Å²) < 4.78 is 33.5. The largest absolute Gasteiger partial charge is 0.492 e. The van der Waals surface area contributed by atoms with Crippen molar-refractivity contribution in [2.24, 2.45) is 0 Å². The van der Waals surface area contributed by atoms with Crippen molar-refractivity contribution in [2.45, 2.75) is 50.8 Å². The average Bonchev–Trinajstić information content (AvgIpc) is 2.86. The van der Waals surface area contributed by atoms with Crippen LogP contribution >= 0.6 is 0 Å². The Balaban J connectivity index is 1.88. The van der Waals surface area contributed by atoms with Crippen LogP contribution in [0.15, 0.2) is 58.4 Å². The number of aromatic nitrogens is 1. The lowest BCUT2D eigenvalue weighted by Crippen LogP contribution is -2.30. The van der Waals surface area contributed by atoms with E-state index in [-0.39, 0.29) is 15.8 Å². The first-order valence-corrected chi connectivity index (χ1v) is 13.4. The highest BCUT2D eigenvalue weighted by molar-refractivity contribution is 7.92. The number of hydrogen-bond donors (Lipinski definition) is 2. The molecule has 9 heteroatoms. The molecule has 1 aromatic heterocycles. The number of ether oxygens (including phenoxy) is 1. The first kappa shape index (κ1) is 26.3. The fraction of sp³-hybridized carbons (Fsp3) is 0.385. The van der Waals surface area contributed by atoms with Gasteiger partial charge in [-0.05, 0) is 43.7 Å². The van der Waals surface area contributed by atoms with Crippen LogP contribution in [0.5, 0.6) is 5.75 Å². The van der Waals surface area contributed by atoms with E-state index in [4.69, 9.17) is 4.74 Å². The molecule has 2 N–H and O–H groups in total. The van der Waals surface area contributed by atoms with Gasteiger partial charge in [-0.2, -0.15) is 0 Å². The molecule has 0 radical (unpaired) electrons. The lowest BCUT2D eigenvalue weighted by molar-refractivity contribution is 0.0951. The van der Waals surface area contributed by atoms with Crippen molar-refractivity contribution in [3.63, 3.8) is 0 Å². The Morgan fingerprint density at radius 3 is 2.54 bits per heavy atom. The van der Waals surface area contributed by atoms with Crippen molar-refractivity contribution in [1.82, 2.24) is 10.3 Å². The molecule has 1 amide bonds. The van der Waals surface area contributed by atoms with Crippen molar-refractivity contribution >= 4 is 32.5 Å². The number of anilines is 1. The first-order valence-electron chi connectivity index (χ1n) is 12.0. The summed E-state index contributed by atoms with van der Waals surface area (Å²) >= 11 is 0. The number of carbonyl (C=O) groups is 1. The molecule has 35 heavy (non-hydrogen) atoms. The maximum absolute atomic E-state index is 13.4. The van der Waals surface area contributed by atoms with Crippen LogP contribution in [0.4, 0.5) is 5.69 Å². The van der Waals surface area contributed by atoms with E-state index in [0.29, 0.717) is 30.1 Å². The van der Waals surface area contributed by atoms with Gasteiger partial charge in [0.05, 0.1) is 17.2 Å². The van der Waals surface area contributed by atoms with Crippen LogP contribution in [-0.2, 0) is 10.0 Å². The molecular formula is C26H33N3O5S. The molecule has 3 aromatic rings. The summed E-state index contributed by atoms with van der Waals surface area (Å²) in [4.78, 5) is 28.6. The van der Waals surface area contributed by atoms with Gasteiger partial charge in [0.2, 0.25) is 5.43 Å². The molecule has 0 aliphatic heterocycles. The first-order chi connectivity index (χ1) is 16.8. The van der Waals surface area contributed by atoms with Crippen LogP contribution in [0.3, 0.4) is 0 Å². The highest BCUT2D eigenvalue weighted by Gasteiger charge is 2.25. The number of amides is 1. The van der Waals surface area contributed by atoms with Gasteiger partial charge < -0.3 is 15.0 Å². The summed E-state index contributed by atoms with van der Waals surface area (Å²) in [5.41, 5.74) is 0.269. The summed E-state index contributed by atoms with van der Waals surface area (Å²) in [6, 6.07) is 11.1. The molecule has 3 rings (SSSR count). The van der Waals surface area contributed by atoms with E-state index in [1.54, 1.807) is 24.3 Å². The molecule has 8 nitrogen and oxygen atoms in total. The van der Waals surface area contributed by atoms with Gasteiger partial charge in [0.15, 0.2) is 0 Å². The summed E-state index contributed by atoms with van der Waals surface area (Å²) in [6.45, 7) is 4.83. The number of hydrogen-bond acceptors (Lipinski definition) is 5. The summed E-state index contributed by atoms with van der Waals surface area (Å²) in [5.74, 6) is -0.0342. The maximum atomic E-state index is 13.4. The fourth-order valence-corrected chi connectivity index (χ4v) is 5.07. The normalized spacial score (nSPS) is 11.4. The van der Waals surface area contributed by atoms with Gasteiger partial charge in [-0.1, -0.05) is 44.7 Å².